The molecule has 0 aliphatic rings. The number of nitro groups is 1. The molecule has 78 valence electrons. The minimum absolute atomic E-state index is 0.0214. The summed E-state index contributed by atoms with van der Waals surface area (Å²) in [5.41, 5.74) is 0. The van der Waals surface area contributed by atoms with E-state index in [1.807, 2.05) is 6.07 Å². The molecule has 0 spiro atoms. The lowest BCUT2D eigenvalue weighted by Crippen LogP contribution is -2.20. The van der Waals surface area contributed by atoms with Gasteiger partial charge in [0.15, 0.2) is 0 Å². The summed E-state index contributed by atoms with van der Waals surface area (Å²) in [6, 6.07) is 1.01. The summed E-state index contributed by atoms with van der Waals surface area (Å²) in [5, 5.41) is 18.7. The Hall–Kier alpha value is -1.64. The highest BCUT2D eigenvalue weighted by molar-refractivity contribution is 5.69. The molecule has 0 saturated carbocycles. The number of nitrogens with zero attached hydrogens (tertiary/aromatic N) is 2. The van der Waals surface area contributed by atoms with E-state index in [-0.39, 0.29) is 25.7 Å². The normalized spacial score (nSPS) is 11.4. The molecule has 0 aliphatic carbocycles. The molecular formula is C8H12N2O4. The van der Waals surface area contributed by atoms with Crippen LogP contribution >= 0.6 is 0 Å². The lowest BCUT2D eigenvalue weighted by molar-refractivity contribution is -0.524. The van der Waals surface area contributed by atoms with Gasteiger partial charge in [0.25, 0.3) is 0 Å². The number of hydrogen-bond donors (Lipinski definition) is 0. The summed E-state index contributed by atoms with van der Waals surface area (Å²) in [4.78, 5) is 20.7. The molecule has 0 rings (SSSR count). The zero-order valence-corrected chi connectivity index (χ0v) is 7.93. The number of hydrogen-bond acceptors (Lipinski definition) is 5. The first-order valence-corrected chi connectivity index (χ1v) is 4.19. The predicted octanol–water partition coefficient (Wildman–Crippen LogP) is 0.889. The van der Waals surface area contributed by atoms with Gasteiger partial charge >= 0.3 is 5.97 Å². The van der Waals surface area contributed by atoms with Gasteiger partial charge in [-0.3, -0.25) is 14.9 Å². The van der Waals surface area contributed by atoms with Gasteiger partial charge in [0, 0.05) is 24.2 Å². The Morgan fingerprint density at radius 2 is 2.29 bits per heavy atom. The molecule has 0 aliphatic heterocycles. The van der Waals surface area contributed by atoms with Crippen LogP contribution in [0.2, 0.25) is 0 Å². The van der Waals surface area contributed by atoms with Crippen molar-refractivity contribution in [2.75, 3.05) is 7.11 Å². The molecule has 0 fully saturated rings. The molecule has 0 saturated heterocycles. The second kappa shape index (κ2) is 6.83. The SMILES string of the molecule is COC(=O)CCC(CCC#N)[N+](=O)[O-]. The average Bonchev–Trinajstić information content (AvgIpc) is 2.16. The molecule has 0 bridgehead atoms. The molecule has 0 heterocycles. The third-order valence-electron chi connectivity index (χ3n) is 1.80. The third kappa shape index (κ3) is 5.09. The van der Waals surface area contributed by atoms with Crippen LogP contribution in [0.4, 0.5) is 0 Å². The Morgan fingerprint density at radius 1 is 1.64 bits per heavy atom. The minimum atomic E-state index is -0.825. The Labute approximate surface area is 81.6 Å². The number of carbonyl (C=O) groups excluding carboxylic acids is 1. The predicted molar refractivity (Wildman–Crippen MR) is 46.9 cm³/mol. The summed E-state index contributed by atoms with van der Waals surface area (Å²) < 4.78 is 4.36. The van der Waals surface area contributed by atoms with Crippen LogP contribution in [0.25, 0.3) is 0 Å². The Balaban J connectivity index is 3.92. The van der Waals surface area contributed by atoms with Crippen molar-refractivity contribution in [3.63, 3.8) is 0 Å². The lowest BCUT2D eigenvalue weighted by atomic mass is 10.1. The summed E-state index contributed by atoms with van der Waals surface area (Å²) >= 11 is 0. The second-order valence-electron chi connectivity index (χ2n) is 2.75. The minimum Gasteiger partial charge on any atom is -0.469 e. The maximum absolute atomic E-state index is 10.7. The highest BCUT2D eigenvalue weighted by atomic mass is 16.6. The number of nitriles is 1. The molecular weight excluding hydrogens is 188 g/mol. The van der Waals surface area contributed by atoms with Crippen molar-refractivity contribution < 1.29 is 14.5 Å². The van der Waals surface area contributed by atoms with Crippen LogP contribution in [0.15, 0.2) is 0 Å². The van der Waals surface area contributed by atoms with Crippen molar-refractivity contribution in [1.29, 1.82) is 5.26 Å². The number of ether oxygens (including phenoxy) is 1. The van der Waals surface area contributed by atoms with Crippen molar-refractivity contribution in [1.82, 2.24) is 0 Å². The maximum Gasteiger partial charge on any atom is 0.305 e. The first-order valence-electron chi connectivity index (χ1n) is 4.19. The van der Waals surface area contributed by atoms with Gasteiger partial charge in [0.05, 0.1) is 19.6 Å². The van der Waals surface area contributed by atoms with Gasteiger partial charge < -0.3 is 4.74 Å². The Morgan fingerprint density at radius 3 is 2.71 bits per heavy atom. The Bertz CT molecular complexity index is 246. The molecule has 0 aromatic heterocycles. The number of carbonyl (C=O) groups is 1. The smallest absolute Gasteiger partial charge is 0.305 e. The standard InChI is InChI=1S/C8H12N2O4/c1-14-8(11)5-4-7(10(12)13)3-2-6-9/h7H,2-5H2,1H3. The summed E-state index contributed by atoms with van der Waals surface area (Å²) in [7, 11) is 1.23. The van der Waals surface area contributed by atoms with E-state index in [1.165, 1.54) is 7.11 Å². The molecule has 0 radical (unpaired) electrons. The van der Waals surface area contributed by atoms with Crippen molar-refractivity contribution in [3.05, 3.63) is 10.1 Å². The number of methoxy groups -OCH3 is 1. The van der Waals surface area contributed by atoms with E-state index in [0.717, 1.165) is 0 Å². The molecule has 14 heavy (non-hydrogen) atoms. The molecule has 0 amide bonds. The van der Waals surface area contributed by atoms with E-state index < -0.39 is 16.9 Å². The first kappa shape index (κ1) is 12.4. The Kier molecular flexibility index (Phi) is 6.03. The largest absolute Gasteiger partial charge is 0.469 e. The van der Waals surface area contributed by atoms with Crippen LogP contribution in [0, 0.1) is 21.4 Å². The maximum atomic E-state index is 10.7. The highest BCUT2D eigenvalue weighted by Gasteiger charge is 2.20. The number of rotatable bonds is 6. The van der Waals surface area contributed by atoms with E-state index in [4.69, 9.17) is 5.26 Å². The van der Waals surface area contributed by atoms with E-state index in [1.54, 1.807) is 0 Å². The zero-order valence-electron chi connectivity index (χ0n) is 7.93. The molecule has 1 atom stereocenters. The monoisotopic (exact) mass is 200 g/mol. The molecule has 1 unspecified atom stereocenters. The van der Waals surface area contributed by atoms with Gasteiger partial charge in [-0.15, -0.1) is 0 Å². The third-order valence-corrected chi connectivity index (χ3v) is 1.80. The van der Waals surface area contributed by atoms with E-state index in [0.29, 0.717) is 0 Å². The average molecular weight is 200 g/mol. The molecule has 6 heteroatoms. The van der Waals surface area contributed by atoms with Gasteiger partial charge in [-0.05, 0) is 0 Å². The number of esters is 1. The lowest BCUT2D eigenvalue weighted by Gasteiger charge is -2.05. The van der Waals surface area contributed by atoms with E-state index >= 15 is 0 Å². The molecule has 0 N–H and O–H groups in total. The fourth-order valence-corrected chi connectivity index (χ4v) is 0.973. The zero-order chi connectivity index (χ0) is 11.0. The fraction of sp³-hybridized carbons (Fsp3) is 0.750. The van der Waals surface area contributed by atoms with Gasteiger partial charge in [-0.1, -0.05) is 0 Å². The molecule has 0 aromatic carbocycles. The van der Waals surface area contributed by atoms with Crippen LogP contribution in [0.1, 0.15) is 25.7 Å². The highest BCUT2D eigenvalue weighted by Crippen LogP contribution is 2.08. The summed E-state index contributed by atoms with van der Waals surface area (Å²) in [5.74, 6) is -0.464. The van der Waals surface area contributed by atoms with Crippen molar-refractivity contribution in [2.24, 2.45) is 0 Å². The fourth-order valence-electron chi connectivity index (χ4n) is 0.973. The van der Waals surface area contributed by atoms with Crippen LogP contribution in [0.5, 0.6) is 0 Å². The summed E-state index contributed by atoms with van der Waals surface area (Å²) in [6.07, 6.45) is 0.461. The van der Waals surface area contributed by atoms with Crippen molar-refractivity contribution in [2.45, 2.75) is 31.7 Å². The second-order valence-corrected chi connectivity index (χ2v) is 2.75. The molecule has 0 aromatic rings. The summed E-state index contributed by atoms with van der Waals surface area (Å²) in [6.45, 7) is 0. The van der Waals surface area contributed by atoms with Gasteiger partial charge in [-0.25, -0.2) is 0 Å². The van der Waals surface area contributed by atoms with Crippen molar-refractivity contribution >= 4 is 5.97 Å². The van der Waals surface area contributed by atoms with E-state index in [9.17, 15) is 14.9 Å². The molecule has 6 nitrogen and oxygen atoms in total. The van der Waals surface area contributed by atoms with Crippen LogP contribution in [-0.2, 0) is 9.53 Å². The van der Waals surface area contributed by atoms with Crippen LogP contribution in [0.3, 0.4) is 0 Å². The van der Waals surface area contributed by atoms with Crippen LogP contribution in [-0.4, -0.2) is 24.0 Å². The quantitative estimate of drug-likeness (QED) is 0.360. The van der Waals surface area contributed by atoms with Gasteiger partial charge in [0.1, 0.15) is 0 Å². The van der Waals surface area contributed by atoms with Gasteiger partial charge in [0.2, 0.25) is 6.04 Å². The van der Waals surface area contributed by atoms with Crippen molar-refractivity contribution in [3.8, 4) is 6.07 Å². The van der Waals surface area contributed by atoms with Gasteiger partial charge in [-0.2, -0.15) is 5.26 Å². The van der Waals surface area contributed by atoms with E-state index in [2.05, 4.69) is 4.74 Å². The first-order chi connectivity index (χ1) is 6.61. The van der Waals surface area contributed by atoms with Crippen LogP contribution < -0.4 is 0 Å². The topological polar surface area (TPSA) is 93.2 Å².